The number of esters is 1. The Kier molecular flexibility index (Phi) is 12.6. The minimum Gasteiger partial charge on any atom is -0.466 e. The molecule has 0 heterocycles. The Morgan fingerprint density at radius 1 is 1.09 bits per heavy atom. The molecule has 0 radical (unpaired) electrons. The number of ether oxygens (including phenoxy) is 1. The fraction of sp³-hybridized carbons (Fsp3) is 0.667. The van der Waals surface area contributed by atoms with Crippen LogP contribution < -0.4 is 0 Å². The first-order chi connectivity index (χ1) is 15.5. The van der Waals surface area contributed by atoms with Gasteiger partial charge in [0.25, 0.3) is 0 Å². The summed E-state index contributed by atoms with van der Waals surface area (Å²) in [5, 5.41) is 31.2. The Morgan fingerprint density at radius 2 is 1.84 bits per heavy atom. The predicted molar refractivity (Wildman–Crippen MR) is 127 cm³/mol. The van der Waals surface area contributed by atoms with Gasteiger partial charge < -0.3 is 20.1 Å². The highest BCUT2D eigenvalue weighted by Crippen LogP contribution is 2.38. The minimum absolute atomic E-state index is 0.00886. The molecule has 1 unspecified atom stereocenters. The Hall–Kier alpha value is -1.69. The average Bonchev–Trinajstić information content (AvgIpc) is 3.06. The SMILES string of the molecule is CCCCOC(=O)CCCC=CC[C@@H]1C(CC[C@@H](O)CCc2ccccc2)[C@H](O)C[C@@H]1O. The number of aliphatic hydroxyl groups excluding tert-OH is 3. The van der Waals surface area contributed by atoms with Crippen LogP contribution in [0.4, 0.5) is 0 Å². The number of rotatable bonds is 15. The molecule has 180 valence electrons. The van der Waals surface area contributed by atoms with Gasteiger partial charge in [-0.1, -0.05) is 55.8 Å². The number of hydrogen-bond donors (Lipinski definition) is 3. The molecule has 1 aromatic carbocycles. The number of benzene rings is 1. The van der Waals surface area contributed by atoms with E-state index in [1.54, 1.807) is 0 Å². The molecular weight excluding hydrogens is 404 g/mol. The minimum atomic E-state index is -0.511. The van der Waals surface area contributed by atoms with Gasteiger partial charge in [0.15, 0.2) is 0 Å². The van der Waals surface area contributed by atoms with Crippen molar-refractivity contribution in [1.29, 1.82) is 0 Å². The number of aryl methyl sites for hydroxylation is 1. The maximum atomic E-state index is 11.6. The van der Waals surface area contributed by atoms with Crippen LogP contribution in [0.5, 0.6) is 0 Å². The summed E-state index contributed by atoms with van der Waals surface area (Å²) in [6.45, 7) is 2.58. The number of unbranched alkanes of at least 4 members (excludes halogenated alkanes) is 2. The van der Waals surface area contributed by atoms with Crippen molar-refractivity contribution in [3.63, 3.8) is 0 Å². The molecule has 32 heavy (non-hydrogen) atoms. The van der Waals surface area contributed by atoms with Crippen molar-refractivity contribution in [2.75, 3.05) is 6.61 Å². The second-order valence-corrected chi connectivity index (χ2v) is 9.13. The zero-order chi connectivity index (χ0) is 23.2. The first kappa shape index (κ1) is 26.6. The maximum absolute atomic E-state index is 11.6. The third-order valence-electron chi connectivity index (χ3n) is 6.55. The van der Waals surface area contributed by atoms with Crippen molar-refractivity contribution in [3.05, 3.63) is 48.0 Å². The molecule has 5 atom stereocenters. The molecule has 0 amide bonds. The summed E-state index contributed by atoms with van der Waals surface area (Å²) in [5.41, 5.74) is 1.22. The normalized spacial score (nSPS) is 24.1. The number of carbonyl (C=O) groups excluding carboxylic acids is 1. The van der Waals surface area contributed by atoms with E-state index in [2.05, 4.69) is 31.2 Å². The summed E-state index contributed by atoms with van der Waals surface area (Å²) in [6.07, 6.45) is 10.7. The van der Waals surface area contributed by atoms with Crippen molar-refractivity contribution in [1.82, 2.24) is 0 Å². The maximum Gasteiger partial charge on any atom is 0.305 e. The van der Waals surface area contributed by atoms with Crippen LogP contribution in [0.3, 0.4) is 0 Å². The molecule has 0 aromatic heterocycles. The zero-order valence-corrected chi connectivity index (χ0v) is 19.6. The van der Waals surface area contributed by atoms with E-state index in [0.717, 1.165) is 38.5 Å². The topological polar surface area (TPSA) is 87.0 Å². The van der Waals surface area contributed by atoms with Crippen molar-refractivity contribution >= 4 is 5.97 Å². The molecule has 2 rings (SSSR count). The van der Waals surface area contributed by atoms with Gasteiger partial charge in [-0.2, -0.15) is 0 Å². The molecule has 1 aliphatic rings. The number of hydrogen-bond acceptors (Lipinski definition) is 5. The van der Waals surface area contributed by atoms with Crippen LogP contribution in [0.25, 0.3) is 0 Å². The van der Waals surface area contributed by atoms with E-state index in [1.807, 2.05) is 18.2 Å². The third kappa shape index (κ3) is 9.85. The van der Waals surface area contributed by atoms with Gasteiger partial charge in [-0.05, 0) is 75.2 Å². The second kappa shape index (κ2) is 15.2. The third-order valence-corrected chi connectivity index (χ3v) is 6.55. The van der Waals surface area contributed by atoms with E-state index >= 15 is 0 Å². The summed E-state index contributed by atoms with van der Waals surface area (Å²) >= 11 is 0. The highest BCUT2D eigenvalue weighted by Gasteiger charge is 2.40. The Morgan fingerprint density at radius 3 is 2.59 bits per heavy atom. The second-order valence-electron chi connectivity index (χ2n) is 9.13. The first-order valence-corrected chi connectivity index (χ1v) is 12.4. The van der Waals surface area contributed by atoms with Gasteiger partial charge in [0.2, 0.25) is 0 Å². The summed E-state index contributed by atoms with van der Waals surface area (Å²) in [5.74, 6) is -0.108. The van der Waals surface area contributed by atoms with Gasteiger partial charge in [0, 0.05) is 6.42 Å². The van der Waals surface area contributed by atoms with Crippen LogP contribution in [0.15, 0.2) is 42.5 Å². The van der Waals surface area contributed by atoms with E-state index < -0.39 is 18.3 Å². The average molecular weight is 447 g/mol. The lowest BCUT2D eigenvalue weighted by Crippen LogP contribution is -2.23. The molecule has 1 aliphatic carbocycles. The van der Waals surface area contributed by atoms with Gasteiger partial charge in [-0.15, -0.1) is 0 Å². The number of allylic oxidation sites excluding steroid dienone is 2. The van der Waals surface area contributed by atoms with Crippen molar-refractivity contribution in [2.45, 2.75) is 95.9 Å². The van der Waals surface area contributed by atoms with Crippen LogP contribution in [-0.2, 0) is 16.0 Å². The summed E-state index contributed by atoms with van der Waals surface area (Å²) in [4.78, 5) is 11.6. The lowest BCUT2D eigenvalue weighted by atomic mass is 9.85. The van der Waals surface area contributed by atoms with E-state index in [1.165, 1.54) is 5.56 Å². The molecule has 1 fully saturated rings. The largest absolute Gasteiger partial charge is 0.466 e. The molecular formula is C27H42O5. The molecule has 0 bridgehead atoms. The lowest BCUT2D eigenvalue weighted by molar-refractivity contribution is -0.143. The summed E-state index contributed by atoms with van der Waals surface area (Å²) in [6, 6.07) is 10.2. The van der Waals surface area contributed by atoms with Gasteiger partial charge in [-0.3, -0.25) is 4.79 Å². The van der Waals surface area contributed by atoms with Crippen LogP contribution in [-0.4, -0.2) is 46.2 Å². The van der Waals surface area contributed by atoms with Crippen LogP contribution in [0.2, 0.25) is 0 Å². The van der Waals surface area contributed by atoms with Crippen molar-refractivity contribution < 1.29 is 24.9 Å². The van der Waals surface area contributed by atoms with Gasteiger partial charge in [0.1, 0.15) is 0 Å². The quantitative estimate of drug-likeness (QED) is 0.209. The van der Waals surface area contributed by atoms with Gasteiger partial charge in [-0.25, -0.2) is 0 Å². The molecule has 5 heteroatoms. The van der Waals surface area contributed by atoms with E-state index in [4.69, 9.17) is 4.74 Å². The molecule has 3 N–H and O–H groups in total. The van der Waals surface area contributed by atoms with Crippen molar-refractivity contribution in [2.24, 2.45) is 11.8 Å². The summed E-state index contributed by atoms with van der Waals surface area (Å²) < 4.78 is 5.15. The molecule has 1 saturated carbocycles. The molecule has 5 nitrogen and oxygen atoms in total. The van der Waals surface area contributed by atoms with Gasteiger partial charge >= 0.3 is 5.97 Å². The lowest BCUT2D eigenvalue weighted by Gasteiger charge is -2.23. The fourth-order valence-electron chi connectivity index (χ4n) is 4.55. The van der Waals surface area contributed by atoms with E-state index in [9.17, 15) is 20.1 Å². The van der Waals surface area contributed by atoms with Crippen LogP contribution in [0.1, 0.15) is 76.7 Å². The molecule has 0 aliphatic heterocycles. The number of carbonyl (C=O) groups is 1. The Labute approximate surface area is 193 Å². The molecule has 0 spiro atoms. The molecule has 0 saturated heterocycles. The monoisotopic (exact) mass is 446 g/mol. The smallest absolute Gasteiger partial charge is 0.305 e. The molecule has 1 aromatic rings. The van der Waals surface area contributed by atoms with Crippen LogP contribution >= 0.6 is 0 Å². The van der Waals surface area contributed by atoms with Crippen LogP contribution in [0, 0.1) is 11.8 Å². The standard InChI is InChI=1S/C27H42O5/c1-2-3-19-32-27(31)14-10-5-4-9-13-23-24(26(30)20-25(23)29)18-17-22(28)16-15-21-11-7-6-8-12-21/h4,6-9,11-12,22-26,28-30H,2-3,5,10,13-20H2,1H3/t22-,23+,24?,25-,26+/m0/s1. The number of aliphatic hydroxyl groups is 3. The zero-order valence-electron chi connectivity index (χ0n) is 19.6. The Bertz CT molecular complexity index is 659. The van der Waals surface area contributed by atoms with E-state index in [-0.39, 0.29) is 17.8 Å². The Balaban J connectivity index is 1.67. The fourth-order valence-corrected chi connectivity index (χ4v) is 4.55. The van der Waals surface area contributed by atoms with Gasteiger partial charge in [0.05, 0.1) is 24.9 Å². The summed E-state index contributed by atoms with van der Waals surface area (Å²) in [7, 11) is 0. The van der Waals surface area contributed by atoms with E-state index in [0.29, 0.717) is 38.7 Å². The first-order valence-electron chi connectivity index (χ1n) is 12.4. The predicted octanol–water partition coefficient (Wildman–Crippen LogP) is 4.58. The highest BCUT2D eigenvalue weighted by atomic mass is 16.5. The van der Waals surface area contributed by atoms with Crippen molar-refractivity contribution in [3.8, 4) is 0 Å². The highest BCUT2D eigenvalue weighted by molar-refractivity contribution is 5.69.